The maximum absolute atomic E-state index is 4.36. The Hall–Kier alpha value is -2.09. The number of aryl methyl sites for hydroxylation is 1. The van der Waals surface area contributed by atoms with Gasteiger partial charge < -0.3 is 4.57 Å². The van der Waals surface area contributed by atoms with Gasteiger partial charge in [0.15, 0.2) is 0 Å². The Morgan fingerprint density at radius 1 is 1.00 bits per heavy atom. The molecular weight excluding hydrogens is 220 g/mol. The van der Waals surface area contributed by atoms with Crippen LogP contribution in [0.15, 0.2) is 42.7 Å². The van der Waals surface area contributed by atoms with Gasteiger partial charge in [0.1, 0.15) is 0 Å². The van der Waals surface area contributed by atoms with Gasteiger partial charge in [0, 0.05) is 47.3 Å². The van der Waals surface area contributed by atoms with Gasteiger partial charge in [0.25, 0.3) is 0 Å². The Labute approximate surface area is 107 Å². The van der Waals surface area contributed by atoms with Crippen molar-refractivity contribution in [1.82, 2.24) is 9.55 Å². The van der Waals surface area contributed by atoms with Crippen LogP contribution in [0.1, 0.15) is 11.4 Å². The second-order valence-electron chi connectivity index (χ2n) is 4.75. The molecule has 0 spiro atoms. The Balaban J connectivity index is 2.35. The minimum Gasteiger partial charge on any atom is -0.352 e. The van der Waals surface area contributed by atoms with Crippen molar-refractivity contribution in [2.75, 3.05) is 0 Å². The number of nitrogens with zero attached hydrogens (tertiary/aromatic N) is 2. The molecule has 2 aromatic heterocycles. The molecule has 0 aliphatic rings. The maximum Gasteiger partial charge on any atom is 0.0353 e. The van der Waals surface area contributed by atoms with Gasteiger partial charge in [-0.1, -0.05) is 24.3 Å². The van der Waals surface area contributed by atoms with E-state index in [1.807, 2.05) is 12.4 Å². The van der Waals surface area contributed by atoms with Crippen LogP contribution < -0.4 is 0 Å². The van der Waals surface area contributed by atoms with E-state index in [9.17, 15) is 0 Å². The summed E-state index contributed by atoms with van der Waals surface area (Å²) in [5, 5.41) is 2.46. The van der Waals surface area contributed by atoms with Gasteiger partial charge in [-0.2, -0.15) is 0 Å². The van der Waals surface area contributed by atoms with Crippen molar-refractivity contribution in [3.05, 3.63) is 54.1 Å². The summed E-state index contributed by atoms with van der Waals surface area (Å²) < 4.78 is 2.22. The fourth-order valence-corrected chi connectivity index (χ4v) is 2.46. The topological polar surface area (TPSA) is 17.8 Å². The molecule has 0 saturated carbocycles. The summed E-state index contributed by atoms with van der Waals surface area (Å²) in [6.45, 7) is 4.29. The molecule has 0 saturated heterocycles. The average Bonchev–Trinajstić information content (AvgIpc) is 2.66. The molecule has 3 aromatic rings. The lowest BCUT2D eigenvalue weighted by Crippen LogP contribution is -1.93. The van der Waals surface area contributed by atoms with Crippen LogP contribution in [0.2, 0.25) is 0 Å². The number of rotatable bonds is 1. The highest BCUT2D eigenvalue weighted by atomic mass is 14.9. The molecule has 2 nitrogen and oxygen atoms in total. The van der Waals surface area contributed by atoms with Gasteiger partial charge in [-0.3, -0.25) is 4.98 Å². The van der Waals surface area contributed by atoms with E-state index >= 15 is 0 Å². The third-order valence-corrected chi connectivity index (χ3v) is 3.73. The molecule has 0 aliphatic heterocycles. The summed E-state index contributed by atoms with van der Waals surface area (Å²) >= 11 is 0. The van der Waals surface area contributed by atoms with E-state index in [1.54, 1.807) is 0 Å². The highest BCUT2D eigenvalue weighted by molar-refractivity contribution is 5.96. The normalized spacial score (nSPS) is 11.1. The first-order valence-corrected chi connectivity index (χ1v) is 6.14. The Kier molecular flexibility index (Phi) is 2.44. The predicted octanol–water partition coefficient (Wildman–Crippen LogP) is 3.86. The lowest BCUT2D eigenvalue weighted by atomic mass is 10.0. The van der Waals surface area contributed by atoms with E-state index in [0.29, 0.717) is 0 Å². The van der Waals surface area contributed by atoms with Gasteiger partial charge in [-0.15, -0.1) is 0 Å². The fraction of sp³-hybridized carbons (Fsp3) is 0.188. The summed E-state index contributed by atoms with van der Waals surface area (Å²) in [4.78, 5) is 4.36. The first-order valence-electron chi connectivity index (χ1n) is 6.14. The molecule has 0 atom stereocenters. The SMILES string of the molecule is Cc1cc(-c2cncc3ccccc23)c(C)n1C. The van der Waals surface area contributed by atoms with Crippen LogP contribution in [0.4, 0.5) is 0 Å². The molecule has 2 heteroatoms. The van der Waals surface area contributed by atoms with Gasteiger partial charge >= 0.3 is 0 Å². The predicted molar refractivity (Wildman–Crippen MR) is 75.6 cm³/mol. The summed E-state index contributed by atoms with van der Waals surface area (Å²) in [5.41, 5.74) is 5.05. The van der Waals surface area contributed by atoms with E-state index in [-0.39, 0.29) is 0 Å². The first kappa shape index (κ1) is 11.0. The van der Waals surface area contributed by atoms with Crippen molar-refractivity contribution in [3.63, 3.8) is 0 Å². The molecule has 0 N–H and O–H groups in total. The molecule has 1 aromatic carbocycles. The van der Waals surface area contributed by atoms with E-state index < -0.39 is 0 Å². The summed E-state index contributed by atoms with van der Waals surface area (Å²) in [6, 6.07) is 10.6. The molecule has 0 unspecified atom stereocenters. The van der Waals surface area contributed by atoms with Crippen LogP contribution in [-0.2, 0) is 7.05 Å². The first-order chi connectivity index (χ1) is 8.68. The third kappa shape index (κ3) is 1.53. The highest BCUT2D eigenvalue weighted by Gasteiger charge is 2.11. The van der Waals surface area contributed by atoms with Crippen LogP contribution in [0, 0.1) is 13.8 Å². The molecule has 3 rings (SSSR count). The van der Waals surface area contributed by atoms with Crippen LogP contribution in [0.25, 0.3) is 21.9 Å². The Morgan fingerprint density at radius 2 is 1.78 bits per heavy atom. The molecular formula is C16H16N2. The number of pyridine rings is 1. The van der Waals surface area contributed by atoms with Crippen LogP contribution >= 0.6 is 0 Å². The van der Waals surface area contributed by atoms with E-state index in [1.165, 1.54) is 33.3 Å². The average molecular weight is 236 g/mol. The summed E-state index contributed by atoms with van der Waals surface area (Å²) in [6.07, 6.45) is 3.88. The van der Waals surface area contributed by atoms with Crippen molar-refractivity contribution in [2.45, 2.75) is 13.8 Å². The zero-order valence-electron chi connectivity index (χ0n) is 10.9. The third-order valence-electron chi connectivity index (χ3n) is 3.73. The zero-order chi connectivity index (χ0) is 12.7. The van der Waals surface area contributed by atoms with Gasteiger partial charge in [-0.05, 0) is 25.3 Å². The minimum atomic E-state index is 1.19. The molecule has 90 valence electrons. The number of hydrogen-bond acceptors (Lipinski definition) is 1. The van der Waals surface area contributed by atoms with Gasteiger partial charge in [0.05, 0.1) is 0 Å². The lowest BCUT2D eigenvalue weighted by Gasteiger charge is -2.06. The highest BCUT2D eigenvalue weighted by Crippen LogP contribution is 2.31. The Bertz CT molecular complexity index is 718. The molecule has 18 heavy (non-hydrogen) atoms. The van der Waals surface area contributed by atoms with Crippen LogP contribution in [0.3, 0.4) is 0 Å². The van der Waals surface area contributed by atoms with Crippen molar-refractivity contribution < 1.29 is 0 Å². The Morgan fingerprint density at radius 3 is 2.50 bits per heavy atom. The number of benzene rings is 1. The molecule has 0 fully saturated rings. The molecule has 0 amide bonds. The van der Waals surface area contributed by atoms with E-state index in [4.69, 9.17) is 0 Å². The van der Waals surface area contributed by atoms with Crippen LogP contribution in [-0.4, -0.2) is 9.55 Å². The number of aromatic nitrogens is 2. The largest absolute Gasteiger partial charge is 0.352 e. The second kappa shape index (κ2) is 3.98. The quantitative estimate of drug-likeness (QED) is 0.627. The van der Waals surface area contributed by atoms with Gasteiger partial charge in [-0.25, -0.2) is 0 Å². The van der Waals surface area contributed by atoms with E-state index in [2.05, 4.69) is 60.8 Å². The molecule has 0 aliphatic carbocycles. The molecule has 2 heterocycles. The minimum absolute atomic E-state index is 1.19. The fourth-order valence-electron chi connectivity index (χ4n) is 2.46. The summed E-state index contributed by atoms with van der Waals surface area (Å²) in [7, 11) is 2.10. The summed E-state index contributed by atoms with van der Waals surface area (Å²) in [5.74, 6) is 0. The van der Waals surface area contributed by atoms with Crippen molar-refractivity contribution in [1.29, 1.82) is 0 Å². The smallest absolute Gasteiger partial charge is 0.0353 e. The van der Waals surface area contributed by atoms with Crippen LogP contribution in [0.5, 0.6) is 0 Å². The monoisotopic (exact) mass is 236 g/mol. The maximum atomic E-state index is 4.36. The standard InChI is InChI=1S/C16H16N2/c1-11-8-15(12(2)18(11)3)16-10-17-9-13-6-4-5-7-14(13)16/h4-10H,1-3H3. The lowest BCUT2D eigenvalue weighted by molar-refractivity contribution is 0.845. The second-order valence-corrected chi connectivity index (χ2v) is 4.75. The zero-order valence-corrected chi connectivity index (χ0v) is 10.9. The molecule has 0 radical (unpaired) electrons. The number of hydrogen-bond donors (Lipinski definition) is 0. The van der Waals surface area contributed by atoms with E-state index in [0.717, 1.165) is 0 Å². The van der Waals surface area contributed by atoms with Gasteiger partial charge in [0.2, 0.25) is 0 Å². The van der Waals surface area contributed by atoms with Crippen molar-refractivity contribution >= 4 is 10.8 Å². The number of fused-ring (bicyclic) bond motifs is 1. The van der Waals surface area contributed by atoms with Crippen molar-refractivity contribution in [3.8, 4) is 11.1 Å². The van der Waals surface area contributed by atoms with Crippen molar-refractivity contribution in [2.24, 2.45) is 7.05 Å². The molecule has 0 bridgehead atoms.